The fourth-order valence-electron chi connectivity index (χ4n) is 8.95. The number of hydrogen-bond acceptors (Lipinski definition) is 22. The highest BCUT2D eigenvalue weighted by molar-refractivity contribution is 9.08. The van der Waals surface area contributed by atoms with Crippen LogP contribution in [0.1, 0.15) is 254 Å². The first kappa shape index (κ1) is 113. The molecule has 0 fully saturated rings. The van der Waals surface area contributed by atoms with Gasteiger partial charge in [-0.25, -0.2) is 4.79 Å². The molecule has 0 saturated heterocycles. The number of ether oxygens (including phenoxy) is 11. The molecule has 0 aliphatic heterocycles. The molecule has 1 amide bonds. The zero-order valence-electron chi connectivity index (χ0n) is 74.1. The monoisotopic (exact) mass is 1650 g/mol. The van der Waals surface area contributed by atoms with Crippen LogP contribution in [0.3, 0.4) is 0 Å². The minimum atomic E-state index is -0.667. The third-order valence-electron chi connectivity index (χ3n) is 13.8. The number of allylic oxidation sites excluding steroid dienone is 1. The van der Waals surface area contributed by atoms with Gasteiger partial charge in [-0.3, -0.25) is 33.8 Å². The SMILES string of the molecule is C/C=C/C(=O)OC(C)(C)C.CBr.COC(C)C=N[C@H](C)CC(=O)OC(C)(C)C.COC(CN(C(=O)Cl)[C@H](C)CC(=O)OC(C)(C)C)OC.COC(CN[C@H](C)CC(=O)OC(C)(C)C)OC.C[C@@H](N)CC(=O)OC(C)(C)C.C[C@@H](NCc1ccccc1)c1ccccc1.C[C@H](CC(=O)OC(C)(C)C)C[C@H](C)c1ccccc1. The summed E-state index contributed by atoms with van der Waals surface area (Å²) in [5.41, 5.74) is 6.81. The van der Waals surface area contributed by atoms with Crippen LogP contribution >= 0.6 is 27.5 Å². The van der Waals surface area contributed by atoms with Gasteiger partial charge in [0.2, 0.25) is 0 Å². The molecule has 0 bridgehead atoms. The van der Waals surface area contributed by atoms with Crippen LogP contribution in [0.4, 0.5) is 4.79 Å². The van der Waals surface area contributed by atoms with Crippen molar-refractivity contribution in [2.24, 2.45) is 16.6 Å². The lowest BCUT2D eigenvalue weighted by Crippen LogP contribution is -2.43. The smallest absolute Gasteiger partial charge is 0.330 e. The van der Waals surface area contributed by atoms with E-state index in [2.05, 4.69) is 125 Å². The number of nitrogens with zero attached hydrogens (tertiary/aromatic N) is 2. The first-order valence-electron chi connectivity index (χ1n) is 37.9. The second kappa shape index (κ2) is 61.3. The highest BCUT2D eigenvalue weighted by Crippen LogP contribution is 2.26. The van der Waals surface area contributed by atoms with Crippen LogP contribution in [0, 0.1) is 5.92 Å². The Morgan fingerprint density at radius 2 is 0.856 bits per heavy atom. The Morgan fingerprint density at radius 3 is 1.23 bits per heavy atom. The minimum Gasteiger partial charge on any atom is -0.460 e. The molecule has 3 aromatic carbocycles. The normalized spacial score (nSPS) is 13.7. The molecule has 0 radical (unpaired) electrons. The van der Waals surface area contributed by atoms with Crippen LogP contribution in [0.15, 0.2) is 108 Å². The van der Waals surface area contributed by atoms with Crippen molar-refractivity contribution in [1.29, 1.82) is 0 Å². The Hall–Kier alpha value is -6.19. The zero-order chi connectivity index (χ0) is 87.1. The van der Waals surface area contributed by atoms with Crippen molar-refractivity contribution in [2.45, 2.75) is 320 Å². The van der Waals surface area contributed by atoms with E-state index in [4.69, 9.17) is 69.4 Å². The fourth-order valence-corrected chi connectivity index (χ4v) is 9.19. The van der Waals surface area contributed by atoms with Gasteiger partial charge in [-0.2, -0.15) is 0 Å². The predicted molar refractivity (Wildman–Crippen MR) is 453 cm³/mol. The molecular weight excluding hydrogens is 1510 g/mol. The largest absolute Gasteiger partial charge is 0.460 e. The average molecular weight is 1660 g/mol. The molecule has 0 aliphatic rings. The first-order valence-corrected chi connectivity index (χ1v) is 39.8. The predicted octanol–water partition coefficient (Wildman–Crippen LogP) is 18.0. The van der Waals surface area contributed by atoms with Crippen LogP contribution in [-0.2, 0) is 87.4 Å². The van der Waals surface area contributed by atoms with Crippen molar-refractivity contribution < 1.29 is 85.7 Å². The van der Waals surface area contributed by atoms with Gasteiger partial charge in [0.15, 0.2) is 12.6 Å². The van der Waals surface area contributed by atoms with Crippen molar-refractivity contribution in [3.63, 3.8) is 0 Å². The van der Waals surface area contributed by atoms with E-state index in [1.165, 1.54) is 41.9 Å². The summed E-state index contributed by atoms with van der Waals surface area (Å²) in [6.45, 7) is 52.3. The molecule has 4 N–H and O–H groups in total. The number of amides is 1. The Labute approximate surface area is 683 Å². The highest BCUT2D eigenvalue weighted by Gasteiger charge is 2.28. The molecule has 1 unspecified atom stereocenters. The van der Waals surface area contributed by atoms with E-state index in [-0.39, 0.29) is 96.9 Å². The molecule has 8 atom stereocenters. The van der Waals surface area contributed by atoms with E-state index >= 15 is 0 Å². The van der Waals surface area contributed by atoms with Gasteiger partial charge >= 0.3 is 41.2 Å². The van der Waals surface area contributed by atoms with Gasteiger partial charge < -0.3 is 73.4 Å². The summed E-state index contributed by atoms with van der Waals surface area (Å²) in [4.78, 5) is 85.2. The number of halogens is 2. The topological polar surface area (TPSA) is 287 Å². The van der Waals surface area contributed by atoms with Crippen molar-refractivity contribution >= 4 is 74.9 Å². The zero-order valence-corrected chi connectivity index (χ0v) is 76.4. The molecule has 640 valence electrons. The van der Waals surface area contributed by atoms with Crippen molar-refractivity contribution in [1.82, 2.24) is 15.5 Å². The summed E-state index contributed by atoms with van der Waals surface area (Å²) < 4.78 is 56.1. The van der Waals surface area contributed by atoms with Gasteiger partial charge in [-0.05, 0) is 225 Å². The number of benzene rings is 3. The van der Waals surface area contributed by atoms with E-state index in [1.807, 2.05) is 149 Å². The number of esters is 6. The number of methoxy groups -OCH3 is 5. The molecule has 25 heteroatoms. The van der Waals surface area contributed by atoms with Crippen molar-refractivity contribution in [3.05, 3.63) is 120 Å². The molecule has 0 aromatic heterocycles. The number of aliphatic imine (C=N–C) groups is 1. The number of nitrogens with one attached hydrogen (secondary N) is 2. The minimum absolute atomic E-state index is 0.0256. The summed E-state index contributed by atoms with van der Waals surface area (Å²) in [5, 5.41) is 6.00. The lowest BCUT2D eigenvalue weighted by Gasteiger charge is -2.30. The first-order chi connectivity index (χ1) is 51.0. The van der Waals surface area contributed by atoms with Crippen molar-refractivity contribution in [2.75, 3.05) is 54.5 Å². The number of hydrogen-bond donors (Lipinski definition) is 3. The Kier molecular flexibility index (Phi) is 62.6. The molecular formula is C86H149BrClN5O18. The maximum absolute atomic E-state index is 11.8. The molecule has 0 heterocycles. The molecule has 3 aromatic rings. The van der Waals surface area contributed by atoms with Gasteiger partial charge in [0, 0.05) is 91.5 Å². The molecule has 3 rings (SSSR count). The van der Waals surface area contributed by atoms with Gasteiger partial charge in [0.25, 0.3) is 0 Å². The second-order valence-electron chi connectivity index (χ2n) is 32.6. The molecule has 0 aliphatic carbocycles. The van der Waals surface area contributed by atoms with Crippen LogP contribution in [0.25, 0.3) is 0 Å². The summed E-state index contributed by atoms with van der Waals surface area (Å²) in [5.74, 6) is 1.20. The second-order valence-corrected chi connectivity index (χ2v) is 32.9. The maximum Gasteiger partial charge on any atom is 0.330 e. The van der Waals surface area contributed by atoms with Crippen LogP contribution in [-0.4, -0.2) is 183 Å². The molecule has 0 spiro atoms. The third-order valence-corrected chi connectivity index (χ3v) is 14.0. The molecule has 111 heavy (non-hydrogen) atoms. The number of carbonyl (C=O) groups excluding carboxylic acids is 7. The van der Waals surface area contributed by atoms with Gasteiger partial charge in [-0.15, -0.1) is 0 Å². The van der Waals surface area contributed by atoms with Gasteiger partial charge in [0.05, 0.1) is 44.4 Å². The van der Waals surface area contributed by atoms with Crippen LogP contribution < -0.4 is 16.4 Å². The number of nitrogens with two attached hydrogens (primary N) is 1. The summed E-state index contributed by atoms with van der Waals surface area (Å²) in [6, 6.07) is 31.2. The fraction of sp³-hybridized carbons (Fsp3) is 0.674. The third kappa shape index (κ3) is 75.0. The quantitative estimate of drug-likeness (QED) is 0.00788. The van der Waals surface area contributed by atoms with Gasteiger partial charge in [0.1, 0.15) is 33.6 Å². The van der Waals surface area contributed by atoms with E-state index in [1.54, 1.807) is 75.2 Å². The Bertz CT molecular complexity index is 2970. The number of alkyl halides is 1. The Morgan fingerprint density at radius 1 is 0.486 bits per heavy atom. The van der Waals surface area contributed by atoms with Gasteiger partial charge in [-0.1, -0.05) is 127 Å². The lowest BCUT2D eigenvalue weighted by molar-refractivity contribution is -0.157. The van der Waals surface area contributed by atoms with Crippen molar-refractivity contribution in [3.8, 4) is 0 Å². The summed E-state index contributed by atoms with van der Waals surface area (Å²) in [7, 11) is 7.70. The van der Waals surface area contributed by atoms with E-state index < -0.39 is 40.1 Å². The van der Waals surface area contributed by atoms with E-state index in [0.29, 0.717) is 43.7 Å². The Balaban J connectivity index is -0.000000396. The lowest BCUT2D eigenvalue weighted by atomic mass is 9.89. The highest BCUT2D eigenvalue weighted by atomic mass is 79.9. The van der Waals surface area contributed by atoms with Crippen LogP contribution in [0.2, 0.25) is 0 Å². The number of rotatable bonds is 31. The summed E-state index contributed by atoms with van der Waals surface area (Å²) >= 11 is 8.47. The molecule has 23 nitrogen and oxygen atoms in total. The molecule has 0 saturated carbocycles. The standard InChI is InChI=1S/C17H26O2.C15H17N.C13H24ClNO5.C12H25NO4.C12H23NO3.C8H17NO2.C8H14O2.CH3Br/c1-13(12-16(18)19-17(3,4)5)11-14(2)15-9-7-6-8-10-15;1-13(15-10-6-3-7-11-15)16-12-14-8-4-2-5-9-14;1-9(7-10(16)20-13(2,3)4)15(12(14)17)8-11(18-5)19-6;1-9(13-8-11(15-5)16-6)7-10(14)17-12(2,3)4;1-9(13-8-10(2)15-6)7-11(14)16-12(3,4)5;1-6(9)5-7(10)11-8(2,3)4;1-5-6-7(9)10-8(2,3)4;1-2/h6-10,13-14H,11-12H2,1-5H3;2-11,13,16H,12H2,1H3;9,11H,7-8H2,1-6H3;9,11,13H,7-8H2,1-6H3;8-10H,7H2,1-6H3;6H,5,9H2,1-4H3;5-6H,1-4H3;1H3/b;;;;;;6-5+;/t13-,14-;13-;2*9-;9-,10?;6-;;/m011111../s1. The van der Waals surface area contributed by atoms with Crippen LogP contribution in [0.5, 0.6) is 0 Å². The maximum atomic E-state index is 11.8. The number of carbonyl (C=O) groups is 7. The van der Waals surface area contributed by atoms with E-state index in [0.717, 1.165) is 13.0 Å². The van der Waals surface area contributed by atoms with E-state index in [9.17, 15) is 33.6 Å². The average Bonchev–Trinajstić information content (AvgIpc) is 0.888. The summed E-state index contributed by atoms with van der Waals surface area (Å²) in [6.07, 6.45) is 6.32.